The normalized spacial score (nSPS) is 11.7. The zero-order valence-corrected chi connectivity index (χ0v) is 10.0. The van der Waals surface area contributed by atoms with Crippen LogP contribution < -0.4 is 10.5 Å². The molecule has 5 heteroatoms. The highest BCUT2D eigenvalue weighted by molar-refractivity contribution is 6.30. The van der Waals surface area contributed by atoms with Gasteiger partial charge in [-0.1, -0.05) is 11.6 Å². The molecular formula is C10H15Cl2NO2. The molecule has 3 N–H and O–H groups in total. The first-order chi connectivity index (χ1) is 6.69. The van der Waals surface area contributed by atoms with Crippen LogP contribution in [0.4, 0.5) is 0 Å². The predicted molar refractivity (Wildman–Crippen MR) is 63.9 cm³/mol. The minimum absolute atomic E-state index is 0. The van der Waals surface area contributed by atoms with Crippen LogP contribution in [0.15, 0.2) is 18.2 Å². The molecular weight excluding hydrogens is 237 g/mol. The predicted octanol–water partition coefficient (Wildman–Crippen LogP) is 2.15. The summed E-state index contributed by atoms with van der Waals surface area (Å²) in [6, 6.07) is 5.04. The smallest absolute Gasteiger partial charge is 0.123 e. The summed E-state index contributed by atoms with van der Waals surface area (Å²) in [6.07, 6.45) is 0.497. The number of aliphatic hydroxyl groups is 1. The maximum absolute atomic E-state index is 8.78. The third-order valence-electron chi connectivity index (χ3n) is 2.03. The van der Waals surface area contributed by atoms with E-state index in [4.69, 9.17) is 27.2 Å². The lowest BCUT2D eigenvalue weighted by Crippen LogP contribution is -2.13. The third kappa shape index (κ3) is 3.87. The molecule has 1 atom stereocenters. The molecule has 0 fully saturated rings. The van der Waals surface area contributed by atoms with E-state index in [0.29, 0.717) is 17.2 Å². The monoisotopic (exact) mass is 251 g/mol. The van der Waals surface area contributed by atoms with Crippen LogP contribution in [0.25, 0.3) is 0 Å². The summed E-state index contributed by atoms with van der Waals surface area (Å²) >= 11 is 5.84. The summed E-state index contributed by atoms with van der Waals surface area (Å²) in [5, 5.41) is 9.40. The van der Waals surface area contributed by atoms with Gasteiger partial charge in [0.15, 0.2) is 0 Å². The van der Waals surface area contributed by atoms with Crippen LogP contribution >= 0.6 is 24.0 Å². The van der Waals surface area contributed by atoms with Gasteiger partial charge >= 0.3 is 0 Å². The van der Waals surface area contributed by atoms with Crippen LogP contribution in [0.3, 0.4) is 0 Å². The van der Waals surface area contributed by atoms with E-state index >= 15 is 0 Å². The van der Waals surface area contributed by atoms with Crippen molar-refractivity contribution in [2.45, 2.75) is 12.5 Å². The Labute approximate surface area is 101 Å². The average Bonchev–Trinajstić information content (AvgIpc) is 2.18. The van der Waals surface area contributed by atoms with Gasteiger partial charge in [0.25, 0.3) is 0 Å². The molecule has 15 heavy (non-hydrogen) atoms. The van der Waals surface area contributed by atoms with Crippen molar-refractivity contribution in [3.05, 3.63) is 28.8 Å². The van der Waals surface area contributed by atoms with Crippen molar-refractivity contribution in [2.75, 3.05) is 13.7 Å². The molecule has 0 heterocycles. The van der Waals surface area contributed by atoms with E-state index in [9.17, 15) is 0 Å². The van der Waals surface area contributed by atoms with E-state index < -0.39 is 0 Å². The molecule has 0 aromatic heterocycles. The second kappa shape index (κ2) is 6.90. The molecule has 0 aliphatic carbocycles. The number of hydrogen-bond acceptors (Lipinski definition) is 3. The highest BCUT2D eigenvalue weighted by Gasteiger charge is 2.11. The minimum Gasteiger partial charge on any atom is -0.496 e. The highest BCUT2D eigenvalue weighted by Crippen LogP contribution is 2.28. The summed E-state index contributed by atoms with van der Waals surface area (Å²) in [5.74, 6) is 0.704. The van der Waals surface area contributed by atoms with Gasteiger partial charge in [-0.3, -0.25) is 0 Å². The van der Waals surface area contributed by atoms with Crippen molar-refractivity contribution in [1.82, 2.24) is 0 Å². The van der Waals surface area contributed by atoms with Crippen molar-refractivity contribution in [1.29, 1.82) is 0 Å². The first-order valence-electron chi connectivity index (χ1n) is 4.39. The third-order valence-corrected chi connectivity index (χ3v) is 2.27. The highest BCUT2D eigenvalue weighted by atomic mass is 35.5. The fraction of sp³-hybridized carbons (Fsp3) is 0.400. The lowest BCUT2D eigenvalue weighted by molar-refractivity contribution is 0.275. The second-order valence-electron chi connectivity index (χ2n) is 3.01. The molecule has 1 aromatic carbocycles. The number of ether oxygens (including phenoxy) is 1. The van der Waals surface area contributed by atoms with Crippen LogP contribution in [0.1, 0.15) is 18.0 Å². The fourth-order valence-corrected chi connectivity index (χ4v) is 1.47. The topological polar surface area (TPSA) is 55.5 Å². The van der Waals surface area contributed by atoms with Gasteiger partial charge in [-0.25, -0.2) is 0 Å². The lowest BCUT2D eigenvalue weighted by atomic mass is 10.0. The first kappa shape index (κ1) is 14.5. The number of rotatable bonds is 4. The van der Waals surface area contributed by atoms with Crippen LogP contribution in [0.2, 0.25) is 5.02 Å². The van der Waals surface area contributed by atoms with Crippen molar-refractivity contribution in [2.24, 2.45) is 5.73 Å². The van der Waals surface area contributed by atoms with Gasteiger partial charge in [-0.2, -0.15) is 0 Å². The van der Waals surface area contributed by atoms with Gasteiger partial charge < -0.3 is 15.6 Å². The zero-order chi connectivity index (χ0) is 10.6. The molecule has 3 nitrogen and oxygen atoms in total. The Balaban J connectivity index is 0.00000196. The Bertz CT molecular complexity index is 307. The van der Waals surface area contributed by atoms with Crippen molar-refractivity contribution >= 4 is 24.0 Å². The molecule has 1 aromatic rings. The quantitative estimate of drug-likeness (QED) is 0.863. The number of hydrogen-bond donors (Lipinski definition) is 2. The van der Waals surface area contributed by atoms with E-state index in [0.717, 1.165) is 5.56 Å². The van der Waals surface area contributed by atoms with E-state index in [2.05, 4.69) is 0 Å². The van der Waals surface area contributed by atoms with E-state index in [1.54, 1.807) is 25.3 Å². The summed E-state index contributed by atoms with van der Waals surface area (Å²) < 4.78 is 5.15. The molecule has 0 radical (unpaired) electrons. The minimum atomic E-state index is -0.242. The summed E-state index contributed by atoms with van der Waals surface area (Å²) in [7, 11) is 1.58. The molecule has 0 saturated carbocycles. The fourth-order valence-electron chi connectivity index (χ4n) is 1.29. The zero-order valence-electron chi connectivity index (χ0n) is 8.44. The van der Waals surface area contributed by atoms with Crippen molar-refractivity contribution in [3.8, 4) is 5.75 Å². The largest absolute Gasteiger partial charge is 0.496 e. The van der Waals surface area contributed by atoms with Gasteiger partial charge in [0.05, 0.1) is 7.11 Å². The SMILES string of the molecule is COc1ccc(Cl)cc1[C@H](N)CCO.Cl. The number of halogens is 2. The standard InChI is InChI=1S/C10H14ClNO2.ClH/c1-14-10-3-2-7(11)6-8(10)9(12)4-5-13;/h2-3,6,9,13H,4-5,12H2,1H3;1H/t9-;/m1./s1. The number of aliphatic hydroxyl groups excluding tert-OH is 1. The van der Waals surface area contributed by atoms with E-state index in [-0.39, 0.29) is 25.1 Å². The van der Waals surface area contributed by atoms with E-state index in [1.807, 2.05) is 0 Å². The van der Waals surface area contributed by atoms with Crippen LogP contribution in [-0.2, 0) is 0 Å². The van der Waals surface area contributed by atoms with Crippen molar-refractivity contribution in [3.63, 3.8) is 0 Å². The molecule has 1 rings (SSSR count). The maximum atomic E-state index is 8.78. The number of benzene rings is 1. The molecule has 0 amide bonds. The second-order valence-corrected chi connectivity index (χ2v) is 3.44. The summed E-state index contributed by atoms with van der Waals surface area (Å²) in [4.78, 5) is 0. The van der Waals surface area contributed by atoms with Gasteiger partial charge in [-0.05, 0) is 24.6 Å². The van der Waals surface area contributed by atoms with E-state index in [1.165, 1.54) is 0 Å². The Kier molecular flexibility index (Phi) is 6.68. The Morgan fingerprint density at radius 2 is 2.20 bits per heavy atom. The van der Waals surface area contributed by atoms with Gasteiger partial charge in [0.2, 0.25) is 0 Å². The molecule has 0 spiro atoms. The van der Waals surface area contributed by atoms with Crippen LogP contribution in [0, 0.1) is 0 Å². The number of methoxy groups -OCH3 is 1. The van der Waals surface area contributed by atoms with Crippen LogP contribution in [0.5, 0.6) is 5.75 Å². The van der Waals surface area contributed by atoms with Gasteiger partial charge in [-0.15, -0.1) is 12.4 Å². The van der Waals surface area contributed by atoms with Crippen LogP contribution in [-0.4, -0.2) is 18.8 Å². The van der Waals surface area contributed by atoms with Crippen molar-refractivity contribution < 1.29 is 9.84 Å². The Hall–Kier alpha value is -0.480. The molecule has 0 bridgehead atoms. The molecule has 0 aliphatic heterocycles. The first-order valence-corrected chi connectivity index (χ1v) is 4.76. The Morgan fingerprint density at radius 3 is 2.73 bits per heavy atom. The van der Waals surface area contributed by atoms with Gasteiger partial charge in [0.1, 0.15) is 5.75 Å². The summed E-state index contributed by atoms with van der Waals surface area (Å²) in [6.45, 7) is 0.0524. The maximum Gasteiger partial charge on any atom is 0.123 e. The molecule has 0 unspecified atom stereocenters. The molecule has 0 saturated heterocycles. The average molecular weight is 252 g/mol. The van der Waals surface area contributed by atoms with Gasteiger partial charge in [0, 0.05) is 23.2 Å². The lowest BCUT2D eigenvalue weighted by Gasteiger charge is -2.14. The molecule has 86 valence electrons. The molecule has 0 aliphatic rings. The number of nitrogens with two attached hydrogens (primary N) is 1. The summed E-state index contributed by atoms with van der Waals surface area (Å²) in [5.41, 5.74) is 6.68. The Morgan fingerprint density at radius 1 is 1.53 bits per heavy atom.